The average molecular weight is 261 g/mol. The Morgan fingerprint density at radius 1 is 1.42 bits per heavy atom. The van der Waals surface area contributed by atoms with Gasteiger partial charge in [0.25, 0.3) is 0 Å². The van der Waals surface area contributed by atoms with E-state index in [4.69, 9.17) is 0 Å². The van der Waals surface area contributed by atoms with Gasteiger partial charge in [0.15, 0.2) is 5.78 Å². The van der Waals surface area contributed by atoms with Crippen molar-refractivity contribution in [3.8, 4) is 0 Å². The van der Waals surface area contributed by atoms with Gasteiger partial charge in [0.1, 0.15) is 6.04 Å². The van der Waals surface area contributed by atoms with E-state index in [1.165, 1.54) is 0 Å². The molecule has 1 saturated heterocycles. The molecule has 1 amide bonds. The van der Waals surface area contributed by atoms with Gasteiger partial charge in [-0.1, -0.05) is 0 Å². The van der Waals surface area contributed by atoms with Crippen LogP contribution in [0.15, 0.2) is 24.3 Å². The summed E-state index contributed by atoms with van der Waals surface area (Å²) in [6.45, 7) is 3.57. The summed E-state index contributed by atoms with van der Waals surface area (Å²) >= 11 is 0. The van der Waals surface area contributed by atoms with Crippen LogP contribution in [0.2, 0.25) is 0 Å². The van der Waals surface area contributed by atoms with Crippen LogP contribution >= 0.6 is 0 Å². The monoisotopic (exact) mass is 261 g/mol. The molecule has 1 aliphatic heterocycles. The number of ketones is 1. The largest absolute Gasteiger partial charge is 0.357 e. The van der Waals surface area contributed by atoms with Gasteiger partial charge in [-0.25, -0.2) is 0 Å². The summed E-state index contributed by atoms with van der Waals surface area (Å²) in [5.41, 5.74) is 1.66. The number of Topliss-reactive ketones (excluding diaryl/α,β-unsaturated/α-hetero) is 1. The molecule has 102 valence electrons. The van der Waals surface area contributed by atoms with Crippen LogP contribution in [0.1, 0.15) is 17.3 Å². The number of carbonyl (C=O) groups is 2. The van der Waals surface area contributed by atoms with E-state index in [-0.39, 0.29) is 17.7 Å². The first-order valence-corrected chi connectivity index (χ1v) is 6.43. The Balaban J connectivity index is 2.22. The van der Waals surface area contributed by atoms with E-state index in [1.54, 1.807) is 19.1 Å². The second kappa shape index (κ2) is 5.84. The minimum absolute atomic E-state index is 0.0382. The summed E-state index contributed by atoms with van der Waals surface area (Å²) < 4.78 is 0. The van der Waals surface area contributed by atoms with Gasteiger partial charge in [0, 0.05) is 30.9 Å². The van der Waals surface area contributed by atoms with Crippen LogP contribution < -0.4 is 15.5 Å². The molecule has 0 spiro atoms. The normalized spacial score (nSPS) is 19.2. The van der Waals surface area contributed by atoms with Crippen molar-refractivity contribution < 1.29 is 9.59 Å². The summed E-state index contributed by atoms with van der Waals surface area (Å²) in [4.78, 5) is 25.2. The third-order valence-electron chi connectivity index (χ3n) is 3.33. The van der Waals surface area contributed by atoms with Gasteiger partial charge in [-0.3, -0.25) is 9.59 Å². The van der Waals surface area contributed by atoms with Gasteiger partial charge >= 0.3 is 0 Å². The Labute approximate surface area is 113 Å². The molecular formula is C14H19N3O2. The van der Waals surface area contributed by atoms with Gasteiger partial charge in [-0.2, -0.15) is 0 Å². The number of benzene rings is 1. The highest BCUT2D eigenvalue weighted by Crippen LogP contribution is 2.19. The van der Waals surface area contributed by atoms with Crippen molar-refractivity contribution in [1.29, 1.82) is 0 Å². The average Bonchev–Trinajstić information content (AvgIpc) is 2.41. The summed E-state index contributed by atoms with van der Waals surface area (Å²) in [6, 6.07) is 7.21. The van der Waals surface area contributed by atoms with E-state index < -0.39 is 0 Å². The fraction of sp³-hybridized carbons (Fsp3) is 0.429. The van der Waals surface area contributed by atoms with Gasteiger partial charge < -0.3 is 15.5 Å². The van der Waals surface area contributed by atoms with Crippen molar-refractivity contribution >= 4 is 17.4 Å². The van der Waals surface area contributed by atoms with Crippen LogP contribution in [0.3, 0.4) is 0 Å². The van der Waals surface area contributed by atoms with Gasteiger partial charge in [-0.05, 0) is 38.2 Å². The van der Waals surface area contributed by atoms with Crippen LogP contribution in [-0.4, -0.2) is 44.4 Å². The Morgan fingerprint density at radius 2 is 2.11 bits per heavy atom. The first-order valence-electron chi connectivity index (χ1n) is 6.43. The molecule has 5 nitrogen and oxygen atoms in total. The highest BCUT2D eigenvalue weighted by Gasteiger charge is 2.29. The number of hydrogen-bond acceptors (Lipinski definition) is 4. The molecule has 19 heavy (non-hydrogen) atoms. The zero-order valence-electron chi connectivity index (χ0n) is 11.3. The molecule has 2 rings (SSSR count). The van der Waals surface area contributed by atoms with E-state index in [2.05, 4.69) is 15.5 Å². The molecule has 2 N–H and O–H groups in total. The van der Waals surface area contributed by atoms with Crippen LogP contribution in [0.5, 0.6) is 0 Å². The maximum Gasteiger partial charge on any atom is 0.244 e. The molecule has 1 heterocycles. The van der Waals surface area contributed by atoms with Crippen molar-refractivity contribution in [3.63, 3.8) is 0 Å². The fourth-order valence-electron chi connectivity index (χ4n) is 2.31. The van der Waals surface area contributed by atoms with E-state index in [1.807, 2.05) is 19.2 Å². The lowest BCUT2D eigenvalue weighted by Crippen LogP contribution is -2.58. The zero-order chi connectivity index (χ0) is 13.8. The van der Waals surface area contributed by atoms with E-state index in [0.29, 0.717) is 18.7 Å². The number of hydrogen-bond donors (Lipinski definition) is 2. The van der Waals surface area contributed by atoms with Crippen LogP contribution in [-0.2, 0) is 4.79 Å². The first kappa shape index (κ1) is 13.5. The number of rotatable bonds is 4. The Bertz CT molecular complexity index is 470. The number of amides is 1. The Morgan fingerprint density at radius 3 is 2.68 bits per heavy atom. The van der Waals surface area contributed by atoms with Crippen LogP contribution in [0.4, 0.5) is 5.69 Å². The quantitative estimate of drug-likeness (QED) is 0.771. The van der Waals surface area contributed by atoms with Gasteiger partial charge in [0.05, 0.1) is 0 Å². The lowest BCUT2D eigenvalue weighted by molar-refractivity contribution is -0.123. The van der Waals surface area contributed by atoms with E-state index in [0.717, 1.165) is 12.2 Å². The van der Waals surface area contributed by atoms with Gasteiger partial charge in [0.2, 0.25) is 5.91 Å². The maximum atomic E-state index is 11.9. The minimum atomic E-state index is -0.207. The second-order valence-corrected chi connectivity index (χ2v) is 4.66. The van der Waals surface area contributed by atoms with Crippen molar-refractivity contribution in [2.45, 2.75) is 13.0 Å². The molecule has 0 bridgehead atoms. The molecular weight excluding hydrogens is 242 g/mol. The molecule has 1 aliphatic rings. The first-order chi connectivity index (χ1) is 9.13. The van der Waals surface area contributed by atoms with Gasteiger partial charge in [-0.15, -0.1) is 0 Å². The fourth-order valence-corrected chi connectivity index (χ4v) is 2.31. The third-order valence-corrected chi connectivity index (χ3v) is 3.33. The van der Waals surface area contributed by atoms with Crippen molar-refractivity contribution in [2.24, 2.45) is 0 Å². The number of nitrogens with one attached hydrogen (secondary N) is 2. The smallest absolute Gasteiger partial charge is 0.244 e. The SMILES string of the molecule is CNCC1C(=O)NCCN1c1ccc(C(C)=O)cc1. The summed E-state index contributed by atoms with van der Waals surface area (Å²) in [5, 5.41) is 5.91. The molecule has 1 unspecified atom stereocenters. The molecule has 5 heteroatoms. The molecule has 1 aromatic rings. The standard InChI is InChI=1S/C14H19N3O2/c1-10(18)11-3-5-12(6-4-11)17-8-7-16-14(19)13(17)9-15-2/h3-6,13,15H,7-9H2,1-2H3,(H,16,19). The van der Waals surface area contributed by atoms with Crippen molar-refractivity contribution in [3.05, 3.63) is 29.8 Å². The lowest BCUT2D eigenvalue weighted by Gasteiger charge is -2.36. The molecule has 1 aromatic carbocycles. The third kappa shape index (κ3) is 2.93. The minimum Gasteiger partial charge on any atom is -0.357 e. The predicted molar refractivity (Wildman–Crippen MR) is 74.5 cm³/mol. The molecule has 0 aromatic heterocycles. The Kier molecular flexibility index (Phi) is 4.16. The summed E-state index contributed by atoms with van der Waals surface area (Å²) in [7, 11) is 1.83. The van der Waals surface area contributed by atoms with E-state index in [9.17, 15) is 9.59 Å². The molecule has 0 saturated carbocycles. The maximum absolute atomic E-state index is 11.9. The van der Waals surface area contributed by atoms with E-state index >= 15 is 0 Å². The zero-order valence-corrected chi connectivity index (χ0v) is 11.3. The second-order valence-electron chi connectivity index (χ2n) is 4.66. The Hall–Kier alpha value is -1.88. The van der Waals surface area contributed by atoms with Crippen LogP contribution in [0, 0.1) is 0 Å². The highest BCUT2D eigenvalue weighted by molar-refractivity contribution is 5.94. The number of nitrogens with zero attached hydrogens (tertiary/aromatic N) is 1. The molecule has 1 atom stereocenters. The summed E-state index contributed by atoms with van der Waals surface area (Å²) in [5.74, 6) is 0.0888. The number of anilines is 1. The predicted octanol–water partition coefficient (Wildman–Crippen LogP) is 0.413. The summed E-state index contributed by atoms with van der Waals surface area (Å²) in [6.07, 6.45) is 0. The topological polar surface area (TPSA) is 61.4 Å². The number of carbonyl (C=O) groups excluding carboxylic acids is 2. The number of likely N-dealkylation sites (N-methyl/N-ethyl adjacent to an activating group) is 1. The highest BCUT2D eigenvalue weighted by atomic mass is 16.2. The molecule has 0 radical (unpaired) electrons. The van der Waals surface area contributed by atoms with Crippen molar-refractivity contribution in [1.82, 2.24) is 10.6 Å². The molecule has 0 aliphatic carbocycles. The van der Waals surface area contributed by atoms with Crippen molar-refractivity contribution in [2.75, 3.05) is 31.6 Å². The van der Waals surface area contributed by atoms with Crippen LogP contribution in [0.25, 0.3) is 0 Å². The molecule has 1 fully saturated rings. The lowest BCUT2D eigenvalue weighted by atomic mass is 10.1. The number of piperazine rings is 1.